The van der Waals surface area contributed by atoms with E-state index in [9.17, 15) is 9.59 Å². The molecule has 4 rings (SSSR count). The molecule has 27 heavy (non-hydrogen) atoms. The highest BCUT2D eigenvalue weighted by Gasteiger charge is 2.34. The van der Waals surface area contributed by atoms with Crippen LogP contribution in [-0.2, 0) is 17.7 Å². The van der Waals surface area contributed by atoms with Crippen molar-refractivity contribution in [3.8, 4) is 0 Å². The molecule has 3 heterocycles. The fourth-order valence-electron chi connectivity index (χ4n) is 3.35. The highest BCUT2D eigenvalue weighted by atomic mass is 35.5. The summed E-state index contributed by atoms with van der Waals surface area (Å²) in [6.07, 6.45) is -0.0753. The largest absolute Gasteiger partial charge is 0.450 e. The summed E-state index contributed by atoms with van der Waals surface area (Å²) in [4.78, 5) is 27.4. The van der Waals surface area contributed by atoms with Gasteiger partial charge < -0.3 is 20.3 Å². The number of carbonyl (C=O) groups is 2. The van der Waals surface area contributed by atoms with Crippen molar-refractivity contribution in [1.82, 2.24) is 10.2 Å². The first-order valence-corrected chi connectivity index (χ1v) is 10.1. The van der Waals surface area contributed by atoms with Gasteiger partial charge in [-0.3, -0.25) is 4.79 Å². The van der Waals surface area contributed by atoms with Gasteiger partial charge in [0, 0.05) is 11.4 Å². The van der Waals surface area contributed by atoms with E-state index in [1.54, 1.807) is 24.0 Å². The zero-order valence-electron chi connectivity index (χ0n) is 14.5. The molecule has 1 atom stereocenters. The van der Waals surface area contributed by atoms with Gasteiger partial charge in [0.25, 0.3) is 5.91 Å². The Kier molecular flexibility index (Phi) is 4.92. The van der Waals surface area contributed by atoms with Crippen molar-refractivity contribution in [2.24, 2.45) is 0 Å². The van der Waals surface area contributed by atoms with Crippen LogP contribution in [0.3, 0.4) is 0 Å². The van der Waals surface area contributed by atoms with E-state index in [0.717, 1.165) is 21.0 Å². The first-order valence-electron chi connectivity index (χ1n) is 8.56. The standard InChI is InChI=1S/C18H17Cl2N3O3S/c1-2-26-18(25)23-6-5-10-13(8-23)27-17-14(10)16(24)21-15(22-17)9-3-4-11(19)12(20)7-9/h3-4,7,15,22H,2,5-6,8H2,1H3,(H,21,24). The van der Waals surface area contributed by atoms with Gasteiger partial charge >= 0.3 is 6.09 Å². The number of benzene rings is 1. The number of hydrogen-bond donors (Lipinski definition) is 2. The summed E-state index contributed by atoms with van der Waals surface area (Å²) in [6, 6.07) is 5.27. The molecule has 1 unspecified atom stereocenters. The van der Waals surface area contributed by atoms with Crippen molar-refractivity contribution in [3.63, 3.8) is 0 Å². The second-order valence-corrected chi connectivity index (χ2v) is 8.22. The zero-order chi connectivity index (χ0) is 19.1. The Bertz CT molecular complexity index is 931. The van der Waals surface area contributed by atoms with E-state index in [0.29, 0.717) is 41.7 Å². The first kappa shape index (κ1) is 18.4. The van der Waals surface area contributed by atoms with Crippen LogP contribution in [0.15, 0.2) is 18.2 Å². The predicted octanol–water partition coefficient (Wildman–Crippen LogP) is 4.42. The molecule has 2 amide bonds. The van der Waals surface area contributed by atoms with Crippen LogP contribution in [0.25, 0.3) is 0 Å². The third-order valence-corrected chi connectivity index (χ3v) is 6.52. The number of nitrogens with one attached hydrogen (secondary N) is 2. The number of anilines is 1. The molecule has 0 spiro atoms. The molecule has 2 aliphatic rings. The van der Waals surface area contributed by atoms with Crippen LogP contribution < -0.4 is 10.6 Å². The van der Waals surface area contributed by atoms with E-state index in [1.165, 1.54) is 11.3 Å². The number of nitrogens with zero attached hydrogens (tertiary/aromatic N) is 1. The Morgan fingerprint density at radius 3 is 2.89 bits per heavy atom. The van der Waals surface area contributed by atoms with Crippen LogP contribution in [0.2, 0.25) is 10.0 Å². The Balaban J connectivity index is 1.60. The Labute approximate surface area is 170 Å². The molecule has 6 nitrogen and oxygen atoms in total. The van der Waals surface area contributed by atoms with Gasteiger partial charge in [-0.15, -0.1) is 11.3 Å². The van der Waals surface area contributed by atoms with Gasteiger partial charge in [0.2, 0.25) is 0 Å². The van der Waals surface area contributed by atoms with Gasteiger partial charge in [-0.1, -0.05) is 29.3 Å². The van der Waals surface area contributed by atoms with Gasteiger partial charge in [0.05, 0.1) is 28.8 Å². The molecular formula is C18H17Cl2N3O3S. The van der Waals surface area contributed by atoms with Gasteiger partial charge in [-0.2, -0.15) is 0 Å². The maximum Gasteiger partial charge on any atom is 0.410 e. The van der Waals surface area contributed by atoms with Crippen LogP contribution in [-0.4, -0.2) is 30.1 Å². The van der Waals surface area contributed by atoms with Gasteiger partial charge in [0.1, 0.15) is 11.2 Å². The van der Waals surface area contributed by atoms with E-state index in [1.807, 2.05) is 6.07 Å². The highest BCUT2D eigenvalue weighted by Crippen LogP contribution is 2.41. The van der Waals surface area contributed by atoms with Crippen molar-refractivity contribution in [3.05, 3.63) is 49.8 Å². The van der Waals surface area contributed by atoms with Crippen molar-refractivity contribution in [2.75, 3.05) is 18.5 Å². The molecule has 1 aromatic heterocycles. The molecule has 0 aliphatic carbocycles. The average Bonchev–Trinajstić information content (AvgIpc) is 3.02. The minimum atomic E-state index is -0.388. The van der Waals surface area contributed by atoms with Crippen molar-refractivity contribution in [2.45, 2.75) is 26.1 Å². The number of rotatable bonds is 2. The molecule has 1 aromatic carbocycles. The summed E-state index contributed by atoms with van der Waals surface area (Å²) < 4.78 is 5.09. The number of hydrogen-bond acceptors (Lipinski definition) is 5. The smallest absolute Gasteiger partial charge is 0.410 e. The average molecular weight is 426 g/mol. The minimum Gasteiger partial charge on any atom is -0.450 e. The number of halogens is 2. The van der Waals surface area contributed by atoms with Crippen LogP contribution in [0.5, 0.6) is 0 Å². The quantitative estimate of drug-likeness (QED) is 0.746. The lowest BCUT2D eigenvalue weighted by atomic mass is 10.0. The summed E-state index contributed by atoms with van der Waals surface area (Å²) in [5.41, 5.74) is 2.51. The molecule has 0 saturated carbocycles. The number of ether oxygens (including phenoxy) is 1. The molecule has 2 aromatic rings. The van der Waals surface area contributed by atoms with Crippen LogP contribution in [0.4, 0.5) is 9.80 Å². The third kappa shape index (κ3) is 3.35. The predicted molar refractivity (Wildman–Crippen MR) is 106 cm³/mol. The number of amides is 2. The Morgan fingerprint density at radius 1 is 1.33 bits per heavy atom. The Morgan fingerprint density at radius 2 is 2.15 bits per heavy atom. The summed E-state index contributed by atoms with van der Waals surface area (Å²) in [6.45, 7) is 3.13. The molecule has 2 N–H and O–H groups in total. The highest BCUT2D eigenvalue weighted by molar-refractivity contribution is 7.16. The lowest BCUT2D eigenvalue weighted by Gasteiger charge is -2.28. The van der Waals surface area contributed by atoms with Crippen molar-refractivity contribution in [1.29, 1.82) is 0 Å². The minimum absolute atomic E-state index is 0.123. The topological polar surface area (TPSA) is 70.7 Å². The fraction of sp³-hybridized carbons (Fsp3) is 0.333. The second-order valence-electron chi connectivity index (χ2n) is 6.30. The first-order chi connectivity index (χ1) is 13.0. The molecular weight excluding hydrogens is 409 g/mol. The molecule has 0 radical (unpaired) electrons. The lowest BCUT2D eigenvalue weighted by Crippen LogP contribution is -2.39. The van der Waals surface area contributed by atoms with Crippen LogP contribution in [0, 0.1) is 0 Å². The number of carbonyl (C=O) groups excluding carboxylic acids is 2. The second kappa shape index (κ2) is 7.22. The molecule has 2 aliphatic heterocycles. The summed E-state index contributed by atoms with van der Waals surface area (Å²) in [5.74, 6) is -0.123. The van der Waals surface area contributed by atoms with E-state index < -0.39 is 0 Å². The molecule has 0 saturated heterocycles. The summed E-state index contributed by atoms with van der Waals surface area (Å²) in [5, 5.41) is 8.06. The van der Waals surface area contributed by atoms with Crippen molar-refractivity contribution >= 4 is 51.5 Å². The van der Waals surface area contributed by atoms with Crippen LogP contribution >= 0.6 is 34.5 Å². The zero-order valence-corrected chi connectivity index (χ0v) is 16.8. The summed E-state index contributed by atoms with van der Waals surface area (Å²) in [7, 11) is 0. The normalized spacial score (nSPS) is 18.3. The molecule has 0 fully saturated rings. The van der Waals surface area contributed by atoms with Gasteiger partial charge in [0.15, 0.2) is 0 Å². The maximum atomic E-state index is 12.8. The van der Waals surface area contributed by atoms with Gasteiger partial charge in [-0.05, 0) is 36.6 Å². The van der Waals surface area contributed by atoms with E-state index in [2.05, 4.69) is 10.6 Å². The van der Waals surface area contributed by atoms with E-state index >= 15 is 0 Å². The number of thiophene rings is 1. The SMILES string of the molecule is CCOC(=O)N1CCc2c(sc3c2C(=O)NC(c2ccc(Cl)c(Cl)c2)N3)C1. The molecule has 9 heteroatoms. The Hall–Kier alpha value is -1.96. The van der Waals surface area contributed by atoms with Crippen molar-refractivity contribution < 1.29 is 14.3 Å². The van der Waals surface area contributed by atoms with E-state index in [4.69, 9.17) is 27.9 Å². The third-order valence-electron chi connectivity index (χ3n) is 4.64. The maximum absolute atomic E-state index is 12.8. The summed E-state index contributed by atoms with van der Waals surface area (Å²) >= 11 is 13.6. The fourth-order valence-corrected chi connectivity index (χ4v) is 4.94. The number of fused-ring (bicyclic) bond motifs is 3. The monoisotopic (exact) mass is 425 g/mol. The van der Waals surface area contributed by atoms with E-state index in [-0.39, 0.29) is 18.2 Å². The van der Waals surface area contributed by atoms with Gasteiger partial charge in [-0.25, -0.2) is 4.79 Å². The van der Waals surface area contributed by atoms with Crippen LogP contribution in [0.1, 0.15) is 39.5 Å². The lowest BCUT2D eigenvalue weighted by molar-refractivity contribution is 0.0934. The molecule has 142 valence electrons. The molecule has 0 bridgehead atoms.